The average Bonchev–Trinajstić information content (AvgIpc) is 2.36. The SMILES string of the molecule is CC1CC(C)CN(C(=O)[C@@H]2CCCC[C@@H]2C(=O)O)C1. The van der Waals surface area contributed by atoms with Gasteiger partial charge in [0.15, 0.2) is 0 Å². The standard InChI is InChI=1S/C15H25NO3/c1-10-7-11(2)9-16(8-10)14(17)12-5-3-4-6-13(12)15(18)19/h10-13H,3-9H2,1-2H3,(H,18,19)/t10?,11?,12-,13+/m1/s1. The Morgan fingerprint density at radius 1 is 1.00 bits per heavy atom. The number of carboxylic acids is 1. The van der Waals surface area contributed by atoms with Crippen molar-refractivity contribution in [2.24, 2.45) is 23.7 Å². The molecule has 0 spiro atoms. The molecular weight excluding hydrogens is 242 g/mol. The van der Waals surface area contributed by atoms with Crippen molar-refractivity contribution in [1.82, 2.24) is 4.90 Å². The minimum atomic E-state index is -0.795. The van der Waals surface area contributed by atoms with Crippen LogP contribution in [0.4, 0.5) is 0 Å². The second kappa shape index (κ2) is 5.93. The van der Waals surface area contributed by atoms with Crippen LogP contribution >= 0.6 is 0 Å². The molecule has 0 radical (unpaired) electrons. The molecule has 2 aliphatic rings. The first-order valence-electron chi connectivity index (χ1n) is 7.50. The number of amides is 1. The Bertz CT molecular complexity index is 345. The Hall–Kier alpha value is -1.06. The molecule has 0 aromatic carbocycles. The molecule has 4 heteroatoms. The van der Waals surface area contributed by atoms with Gasteiger partial charge in [0.2, 0.25) is 5.91 Å². The third kappa shape index (κ3) is 3.28. The summed E-state index contributed by atoms with van der Waals surface area (Å²) in [5.74, 6) is -0.404. The fourth-order valence-electron chi connectivity index (χ4n) is 3.80. The largest absolute Gasteiger partial charge is 0.481 e. The van der Waals surface area contributed by atoms with Crippen molar-refractivity contribution in [3.05, 3.63) is 0 Å². The van der Waals surface area contributed by atoms with Gasteiger partial charge in [-0.2, -0.15) is 0 Å². The lowest BCUT2D eigenvalue weighted by atomic mass is 9.78. The van der Waals surface area contributed by atoms with Crippen LogP contribution in [-0.4, -0.2) is 35.0 Å². The van der Waals surface area contributed by atoms with E-state index >= 15 is 0 Å². The topological polar surface area (TPSA) is 57.6 Å². The Morgan fingerprint density at radius 2 is 1.53 bits per heavy atom. The molecule has 1 heterocycles. The lowest BCUT2D eigenvalue weighted by Crippen LogP contribution is -2.48. The fraction of sp³-hybridized carbons (Fsp3) is 0.867. The van der Waals surface area contributed by atoms with E-state index in [0.717, 1.165) is 38.8 Å². The maximum Gasteiger partial charge on any atom is 0.307 e. The highest BCUT2D eigenvalue weighted by atomic mass is 16.4. The smallest absolute Gasteiger partial charge is 0.307 e. The van der Waals surface area contributed by atoms with Crippen molar-refractivity contribution in [3.8, 4) is 0 Å². The first-order chi connectivity index (χ1) is 8.99. The van der Waals surface area contributed by atoms with Crippen molar-refractivity contribution in [1.29, 1.82) is 0 Å². The molecular formula is C15H25NO3. The Kier molecular flexibility index (Phi) is 4.48. The molecule has 4 atom stereocenters. The Labute approximate surface area is 115 Å². The molecule has 1 N–H and O–H groups in total. The van der Waals surface area contributed by atoms with Crippen molar-refractivity contribution in [3.63, 3.8) is 0 Å². The zero-order valence-electron chi connectivity index (χ0n) is 12.0. The summed E-state index contributed by atoms with van der Waals surface area (Å²) in [5.41, 5.74) is 0. The van der Waals surface area contributed by atoms with E-state index in [9.17, 15) is 14.7 Å². The minimum Gasteiger partial charge on any atom is -0.481 e. The van der Waals surface area contributed by atoms with Gasteiger partial charge in [-0.1, -0.05) is 26.7 Å². The third-order valence-electron chi connectivity index (χ3n) is 4.58. The van der Waals surface area contributed by atoms with Gasteiger partial charge in [0.05, 0.1) is 11.8 Å². The number of carboxylic acid groups (broad SMARTS) is 1. The second-order valence-electron chi connectivity index (χ2n) is 6.52. The van der Waals surface area contributed by atoms with Crippen LogP contribution in [0.15, 0.2) is 0 Å². The van der Waals surface area contributed by atoms with Gasteiger partial charge in [0.1, 0.15) is 0 Å². The normalized spacial score (nSPS) is 36.0. The van der Waals surface area contributed by atoms with E-state index in [-0.39, 0.29) is 11.8 Å². The quantitative estimate of drug-likeness (QED) is 0.835. The van der Waals surface area contributed by atoms with E-state index in [1.54, 1.807) is 0 Å². The number of rotatable bonds is 2. The van der Waals surface area contributed by atoms with Crippen molar-refractivity contribution < 1.29 is 14.7 Å². The summed E-state index contributed by atoms with van der Waals surface area (Å²) in [6.45, 7) is 5.94. The monoisotopic (exact) mass is 267 g/mol. The van der Waals surface area contributed by atoms with E-state index in [1.807, 2.05) is 4.90 Å². The third-order valence-corrected chi connectivity index (χ3v) is 4.58. The molecule has 0 aromatic rings. The lowest BCUT2D eigenvalue weighted by molar-refractivity contribution is -0.153. The summed E-state index contributed by atoms with van der Waals surface area (Å²) in [6.07, 6.45) is 4.49. The number of carbonyl (C=O) groups is 2. The van der Waals surface area contributed by atoms with Crippen molar-refractivity contribution in [2.75, 3.05) is 13.1 Å². The average molecular weight is 267 g/mol. The molecule has 1 saturated carbocycles. The predicted octanol–water partition coefficient (Wildman–Crippen LogP) is 2.38. The maximum absolute atomic E-state index is 12.6. The molecule has 1 aliphatic carbocycles. The number of hydrogen-bond acceptors (Lipinski definition) is 2. The molecule has 108 valence electrons. The fourth-order valence-corrected chi connectivity index (χ4v) is 3.80. The van der Waals surface area contributed by atoms with Gasteiger partial charge in [-0.3, -0.25) is 9.59 Å². The lowest BCUT2D eigenvalue weighted by Gasteiger charge is -2.39. The van der Waals surface area contributed by atoms with E-state index in [1.165, 1.54) is 0 Å². The minimum absolute atomic E-state index is 0.0884. The van der Waals surface area contributed by atoms with Crippen molar-refractivity contribution >= 4 is 11.9 Å². The van der Waals surface area contributed by atoms with Gasteiger partial charge in [-0.25, -0.2) is 0 Å². The molecule has 0 bridgehead atoms. The first-order valence-corrected chi connectivity index (χ1v) is 7.50. The van der Waals surface area contributed by atoms with Gasteiger partial charge >= 0.3 is 5.97 Å². The van der Waals surface area contributed by atoms with Gasteiger partial charge in [0.25, 0.3) is 0 Å². The molecule has 4 nitrogen and oxygen atoms in total. The van der Waals surface area contributed by atoms with Crippen LogP contribution in [0.1, 0.15) is 46.0 Å². The summed E-state index contributed by atoms with van der Waals surface area (Å²) in [7, 11) is 0. The number of carbonyl (C=O) groups excluding carboxylic acids is 1. The zero-order chi connectivity index (χ0) is 14.0. The van der Waals surface area contributed by atoms with Crippen LogP contribution < -0.4 is 0 Å². The van der Waals surface area contributed by atoms with E-state index in [4.69, 9.17) is 0 Å². The van der Waals surface area contributed by atoms with Gasteiger partial charge < -0.3 is 10.0 Å². The van der Waals surface area contributed by atoms with Gasteiger partial charge in [0, 0.05) is 13.1 Å². The molecule has 1 amide bonds. The van der Waals surface area contributed by atoms with Gasteiger partial charge in [-0.05, 0) is 31.1 Å². The highest BCUT2D eigenvalue weighted by Crippen LogP contribution is 2.33. The summed E-state index contributed by atoms with van der Waals surface area (Å²) in [5, 5.41) is 9.29. The number of aliphatic carboxylic acids is 1. The highest BCUT2D eigenvalue weighted by molar-refractivity contribution is 5.85. The first kappa shape index (κ1) is 14.4. The Balaban J connectivity index is 2.06. The molecule has 1 saturated heterocycles. The van der Waals surface area contributed by atoms with E-state index in [2.05, 4.69) is 13.8 Å². The van der Waals surface area contributed by atoms with Crippen LogP contribution in [0.2, 0.25) is 0 Å². The summed E-state index contributed by atoms with van der Waals surface area (Å²) < 4.78 is 0. The molecule has 1 aliphatic heterocycles. The molecule has 2 unspecified atom stereocenters. The zero-order valence-corrected chi connectivity index (χ0v) is 12.0. The Morgan fingerprint density at radius 3 is 2.05 bits per heavy atom. The van der Waals surface area contributed by atoms with E-state index < -0.39 is 11.9 Å². The van der Waals surface area contributed by atoms with Crippen LogP contribution in [0.5, 0.6) is 0 Å². The molecule has 0 aromatic heterocycles. The molecule has 2 fully saturated rings. The number of likely N-dealkylation sites (tertiary alicyclic amines) is 1. The second-order valence-corrected chi connectivity index (χ2v) is 6.52. The van der Waals surface area contributed by atoms with Crippen molar-refractivity contribution in [2.45, 2.75) is 46.0 Å². The van der Waals surface area contributed by atoms with Crippen LogP contribution in [0, 0.1) is 23.7 Å². The van der Waals surface area contributed by atoms with Gasteiger partial charge in [-0.15, -0.1) is 0 Å². The molecule has 19 heavy (non-hydrogen) atoms. The summed E-state index contributed by atoms with van der Waals surface area (Å²) in [6, 6.07) is 0. The number of nitrogens with zero attached hydrogens (tertiary/aromatic N) is 1. The van der Waals surface area contributed by atoms with Crippen LogP contribution in [-0.2, 0) is 9.59 Å². The molecule has 2 rings (SSSR count). The highest BCUT2D eigenvalue weighted by Gasteiger charge is 2.39. The van der Waals surface area contributed by atoms with Crippen LogP contribution in [0.3, 0.4) is 0 Å². The van der Waals surface area contributed by atoms with E-state index in [0.29, 0.717) is 18.3 Å². The van der Waals surface area contributed by atoms with Crippen LogP contribution in [0.25, 0.3) is 0 Å². The summed E-state index contributed by atoms with van der Waals surface area (Å²) >= 11 is 0. The number of hydrogen-bond donors (Lipinski definition) is 1. The number of piperidine rings is 1. The maximum atomic E-state index is 12.6. The predicted molar refractivity (Wildman–Crippen MR) is 72.6 cm³/mol. The summed E-state index contributed by atoms with van der Waals surface area (Å²) in [4.78, 5) is 25.9.